The molecule has 2 aromatic carbocycles. The third kappa shape index (κ3) is 4.50. The Hall–Kier alpha value is -2.47. The number of anilines is 2. The zero-order valence-electron chi connectivity index (χ0n) is 15.6. The Balaban J connectivity index is 2.64. The van der Waals surface area contributed by atoms with Crippen LogP contribution in [0.15, 0.2) is 46.2 Å². The summed E-state index contributed by atoms with van der Waals surface area (Å²) in [6.45, 7) is 0. The van der Waals surface area contributed by atoms with Crippen LogP contribution in [0.2, 0.25) is 0 Å². The maximum atomic E-state index is 12.8. The summed E-state index contributed by atoms with van der Waals surface area (Å²) in [6.07, 6.45) is 0. The van der Waals surface area contributed by atoms with Crippen LogP contribution < -0.4 is 9.80 Å². The molecule has 2 rings (SSSR count). The highest BCUT2D eigenvalue weighted by Gasteiger charge is 2.23. The molecule has 0 aliphatic carbocycles. The lowest BCUT2D eigenvalue weighted by atomic mass is 10.0. The van der Waals surface area contributed by atoms with Crippen LogP contribution in [-0.2, 0) is 20.2 Å². The number of ketones is 1. The molecule has 0 unspecified atom stereocenters. The first-order valence-corrected chi connectivity index (χ1v) is 10.7. The largest absolute Gasteiger partial charge is 0.377 e. The summed E-state index contributed by atoms with van der Waals surface area (Å²) in [5.74, 6) is -0.676. The number of nitrogens with zero attached hydrogens (tertiary/aromatic N) is 2. The Bertz CT molecular complexity index is 1050. The van der Waals surface area contributed by atoms with E-state index in [0.29, 0.717) is 0 Å². The highest BCUT2D eigenvalue weighted by molar-refractivity contribution is 7.86. The summed E-state index contributed by atoms with van der Waals surface area (Å²) >= 11 is 0. The molecule has 0 aliphatic rings. The molecule has 0 radical (unpaired) electrons. The first-order valence-electron chi connectivity index (χ1n) is 7.86. The summed E-state index contributed by atoms with van der Waals surface area (Å²) in [7, 11) is -2.91. The standard InChI is InChI=1S/C17H20N2O7S2/c1-18(2)13-7-5-11(9-15(13)27(21,22)23)17(20)12-6-8-14(19(3)4)16(10-12)28(24,25)26/h5-10H,1-4H3,(H,21,22,23)(H,24,25,26). The molecule has 0 aromatic heterocycles. The smallest absolute Gasteiger partial charge is 0.296 e. The molecule has 0 bridgehead atoms. The third-order valence-electron chi connectivity index (χ3n) is 3.96. The van der Waals surface area contributed by atoms with Crippen LogP contribution in [0.4, 0.5) is 11.4 Å². The molecule has 0 spiro atoms. The van der Waals surface area contributed by atoms with Gasteiger partial charge in [-0.25, -0.2) is 0 Å². The van der Waals surface area contributed by atoms with Gasteiger partial charge >= 0.3 is 0 Å². The maximum absolute atomic E-state index is 12.8. The van der Waals surface area contributed by atoms with Crippen LogP contribution in [-0.4, -0.2) is 59.9 Å². The van der Waals surface area contributed by atoms with Gasteiger partial charge in [0.2, 0.25) is 0 Å². The van der Waals surface area contributed by atoms with Crippen LogP contribution in [0.3, 0.4) is 0 Å². The van der Waals surface area contributed by atoms with Crippen molar-refractivity contribution in [3.05, 3.63) is 47.5 Å². The molecule has 0 heterocycles. The third-order valence-corrected chi connectivity index (χ3v) is 5.73. The molecular formula is C17H20N2O7S2. The number of hydrogen-bond acceptors (Lipinski definition) is 7. The minimum atomic E-state index is -4.60. The first kappa shape index (κ1) is 21.8. The Morgan fingerprint density at radius 3 is 1.29 bits per heavy atom. The van der Waals surface area contributed by atoms with E-state index in [2.05, 4.69) is 0 Å². The van der Waals surface area contributed by atoms with Crippen molar-refractivity contribution in [3.63, 3.8) is 0 Å². The molecule has 0 saturated carbocycles. The SMILES string of the molecule is CN(C)c1ccc(C(=O)c2ccc(N(C)C)c(S(=O)(=O)O)c2)cc1S(=O)(=O)O. The van der Waals surface area contributed by atoms with Crippen molar-refractivity contribution in [2.24, 2.45) is 0 Å². The van der Waals surface area contributed by atoms with Gasteiger partial charge < -0.3 is 9.80 Å². The van der Waals surface area contributed by atoms with E-state index in [1.165, 1.54) is 34.1 Å². The van der Waals surface area contributed by atoms with E-state index < -0.39 is 35.8 Å². The number of rotatable bonds is 6. The lowest BCUT2D eigenvalue weighted by Gasteiger charge is -2.18. The van der Waals surface area contributed by atoms with Crippen LogP contribution >= 0.6 is 0 Å². The van der Waals surface area contributed by atoms with E-state index in [-0.39, 0.29) is 22.5 Å². The van der Waals surface area contributed by atoms with Crippen molar-refractivity contribution in [1.29, 1.82) is 0 Å². The first-order chi connectivity index (χ1) is 12.7. The summed E-state index contributed by atoms with van der Waals surface area (Å²) in [6, 6.07) is 7.46. The van der Waals surface area contributed by atoms with E-state index >= 15 is 0 Å². The molecule has 11 heteroatoms. The quantitative estimate of drug-likeness (QED) is 0.519. The molecular weight excluding hydrogens is 408 g/mol. The van der Waals surface area contributed by atoms with E-state index in [9.17, 15) is 30.7 Å². The van der Waals surface area contributed by atoms with Crippen molar-refractivity contribution < 1.29 is 30.7 Å². The van der Waals surface area contributed by atoms with Crippen molar-refractivity contribution in [3.8, 4) is 0 Å². The Morgan fingerprint density at radius 1 is 0.714 bits per heavy atom. The summed E-state index contributed by atoms with van der Waals surface area (Å²) in [5.41, 5.74) is 0.218. The zero-order valence-corrected chi connectivity index (χ0v) is 17.2. The van der Waals surface area contributed by atoms with E-state index in [4.69, 9.17) is 0 Å². The Morgan fingerprint density at radius 2 is 1.04 bits per heavy atom. The number of carbonyl (C=O) groups is 1. The Labute approximate surface area is 163 Å². The predicted octanol–water partition coefficient (Wildman–Crippen LogP) is 1.54. The molecule has 9 nitrogen and oxygen atoms in total. The summed E-state index contributed by atoms with van der Waals surface area (Å²) in [4.78, 5) is 14.8. The van der Waals surface area contributed by atoms with Gasteiger partial charge in [0.05, 0.1) is 11.4 Å². The van der Waals surface area contributed by atoms with Gasteiger partial charge in [-0.2, -0.15) is 16.8 Å². The Kier molecular flexibility index (Phi) is 5.85. The van der Waals surface area contributed by atoms with Gasteiger partial charge in [0.15, 0.2) is 5.78 Å². The topological polar surface area (TPSA) is 132 Å². The fourth-order valence-electron chi connectivity index (χ4n) is 2.63. The second kappa shape index (κ2) is 7.51. The molecule has 0 fully saturated rings. The molecule has 2 aromatic rings. The van der Waals surface area contributed by atoms with E-state index in [1.807, 2.05) is 0 Å². The van der Waals surface area contributed by atoms with Gasteiger partial charge in [-0.3, -0.25) is 13.9 Å². The van der Waals surface area contributed by atoms with Gasteiger partial charge in [0.1, 0.15) is 9.79 Å². The van der Waals surface area contributed by atoms with Crippen LogP contribution in [0.1, 0.15) is 15.9 Å². The second-order valence-electron chi connectivity index (χ2n) is 6.43. The van der Waals surface area contributed by atoms with Crippen LogP contribution in [0.25, 0.3) is 0 Å². The monoisotopic (exact) mass is 428 g/mol. The maximum Gasteiger partial charge on any atom is 0.296 e. The highest BCUT2D eigenvalue weighted by atomic mass is 32.2. The van der Waals surface area contributed by atoms with Crippen molar-refractivity contribution in [1.82, 2.24) is 0 Å². The summed E-state index contributed by atoms with van der Waals surface area (Å²) < 4.78 is 65.6. The normalized spacial score (nSPS) is 11.9. The minimum Gasteiger partial charge on any atom is -0.377 e. The highest BCUT2D eigenvalue weighted by Crippen LogP contribution is 2.29. The van der Waals surface area contributed by atoms with Gasteiger partial charge in [0.25, 0.3) is 20.2 Å². The number of hydrogen-bond donors (Lipinski definition) is 2. The molecule has 0 aliphatic heterocycles. The molecule has 2 N–H and O–H groups in total. The lowest BCUT2D eigenvalue weighted by molar-refractivity contribution is 0.103. The average molecular weight is 428 g/mol. The van der Waals surface area contributed by atoms with Crippen molar-refractivity contribution >= 4 is 37.4 Å². The van der Waals surface area contributed by atoms with Crippen LogP contribution in [0, 0.1) is 0 Å². The molecule has 0 saturated heterocycles. The number of benzene rings is 2. The zero-order chi connectivity index (χ0) is 21.4. The fraction of sp³-hybridized carbons (Fsp3) is 0.235. The minimum absolute atomic E-state index is 0.0721. The molecule has 152 valence electrons. The van der Waals surface area contributed by atoms with Crippen molar-refractivity contribution in [2.75, 3.05) is 38.0 Å². The number of carbonyl (C=O) groups excluding carboxylic acids is 1. The van der Waals surface area contributed by atoms with E-state index in [0.717, 1.165) is 12.1 Å². The van der Waals surface area contributed by atoms with E-state index in [1.54, 1.807) is 28.2 Å². The van der Waals surface area contributed by atoms with Gasteiger partial charge in [-0.1, -0.05) is 0 Å². The molecule has 0 atom stereocenters. The van der Waals surface area contributed by atoms with Gasteiger partial charge in [-0.15, -0.1) is 0 Å². The van der Waals surface area contributed by atoms with Crippen molar-refractivity contribution in [2.45, 2.75) is 9.79 Å². The molecule has 28 heavy (non-hydrogen) atoms. The lowest BCUT2D eigenvalue weighted by Crippen LogP contribution is -2.16. The fourth-order valence-corrected chi connectivity index (χ4v) is 4.21. The van der Waals surface area contributed by atoms with Gasteiger partial charge in [0, 0.05) is 39.3 Å². The van der Waals surface area contributed by atoms with Crippen LogP contribution in [0.5, 0.6) is 0 Å². The second-order valence-corrected chi connectivity index (χ2v) is 9.21. The average Bonchev–Trinajstić information content (AvgIpc) is 2.58. The van der Waals surface area contributed by atoms with Gasteiger partial charge in [-0.05, 0) is 36.4 Å². The summed E-state index contributed by atoms with van der Waals surface area (Å²) in [5, 5.41) is 0. The molecule has 0 amide bonds. The predicted molar refractivity (Wildman–Crippen MR) is 105 cm³/mol.